The lowest BCUT2D eigenvalue weighted by Gasteiger charge is -2.46. The molecule has 0 radical (unpaired) electrons. The van der Waals surface area contributed by atoms with Gasteiger partial charge in [-0.15, -0.1) is 0 Å². The van der Waals surface area contributed by atoms with E-state index in [1.165, 1.54) is 25.9 Å². The van der Waals surface area contributed by atoms with Crippen LogP contribution in [0.25, 0.3) is 0 Å². The number of nitrogens with one attached hydrogen (secondary N) is 1. The SMILES string of the molecule is CCC1(CC)CC(N2CCNC(C)C2)CCO1. The summed E-state index contributed by atoms with van der Waals surface area (Å²) in [5.74, 6) is 0. The Morgan fingerprint density at radius 2 is 2.12 bits per heavy atom. The van der Waals surface area contributed by atoms with Crippen molar-refractivity contribution in [1.82, 2.24) is 10.2 Å². The van der Waals surface area contributed by atoms with Gasteiger partial charge in [-0.3, -0.25) is 4.90 Å². The molecule has 2 rings (SSSR count). The highest BCUT2D eigenvalue weighted by atomic mass is 16.5. The van der Waals surface area contributed by atoms with Gasteiger partial charge in [-0.1, -0.05) is 13.8 Å². The fourth-order valence-corrected chi connectivity index (χ4v) is 3.35. The third-order valence-corrected chi connectivity index (χ3v) is 4.67. The van der Waals surface area contributed by atoms with E-state index >= 15 is 0 Å². The summed E-state index contributed by atoms with van der Waals surface area (Å²) in [6, 6.07) is 1.39. The summed E-state index contributed by atoms with van der Waals surface area (Å²) in [5, 5.41) is 3.53. The zero-order valence-electron chi connectivity index (χ0n) is 11.7. The van der Waals surface area contributed by atoms with E-state index in [-0.39, 0.29) is 5.60 Å². The molecule has 0 aromatic heterocycles. The number of nitrogens with zero attached hydrogens (tertiary/aromatic N) is 1. The third kappa shape index (κ3) is 3.01. The predicted molar refractivity (Wildman–Crippen MR) is 71.3 cm³/mol. The Labute approximate surface area is 106 Å². The Hall–Kier alpha value is -0.120. The van der Waals surface area contributed by atoms with Crippen LogP contribution in [0.2, 0.25) is 0 Å². The number of hydrogen-bond acceptors (Lipinski definition) is 3. The highest BCUT2D eigenvalue weighted by Crippen LogP contribution is 2.33. The van der Waals surface area contributed by atoms with Crippen molar-refractivity contribution in [1.29, 1.82) is 0 Å². The van der Waals surface area contributed by atoms with E-state index in [0.717, 1.165) is 32.0 Å². The van der Waals surface area contributed by atoms with Crippen molar-refractivity contribution in [3.05, 3.63) is 0 Å². The maximum Gasteiger partial charge on any atom is 0.0692 e. The number of piperazine rings is 1. The maximum absolute atomic E-state index is 6.07. The molecule has 0 amide bonds. The van der Waals surface area contributed by atoms with Crippen molar-refractivity contribution in [2.75, 3.05) is 26.2 Å². The van der Waals surface area contributed by atoms with Crippen LogP contribution in [0.4, 0.5) is 0 Å². The summed E-state index contributed by atoms with van der Waals surface area (Å²) in [5.41, 5.74) is 0.164. The lowest BCUT2D eigenvalue weighted by atomic mass is 9.85. The second kappa shape index (κ2) is 5.68. The summed E-state index contributed by atoms with van der Waals surface area (Å²) in [7, 11) is 0. The van der Waals surface area contributed by atoms with Crippen LogP contribution in [0.15, 0.2) is 0 Å². The van der Waals surface area contributed by atoms with Crippen LogP contribution in [0.5, 0.6) is 0 Å². The second-order valence-electron chi connectivity index (χ2n) is 5.74. The molecule has 0 spiro atoms. The van der Waals surface area contributed by atoms with E-state index in [1.807, 2.05) is 0 Å². The van der Waals surface area contributed by atoms with Gasteiger partial charge in [0.1, 0.15) is 0 Å². The van der Waals surface area contributed by atoms with Gasteiger partial charge in [0, 0.05) is 38.3 Å². The van der Waals surface area contributed by atoms with Crippen molar-refractivity contribution in [3.63, 3.8) is 0 Å². The predicted octanol–water partition coefficient (Wildman–Crippen LogP) is 2.02. The monoisotopic (exact) mass is 240 g/mol. The van der Waals surface area contributed by atoms with Crippen LogP contribution in [0, 0.1) is 0 Å². The van der Waals surface area contributed by atoms with Crippen LogP contribution >= 0.6 is 0 Å². The minimum Gasteiger partial charge on any atom is -0.375 e. The number of rotatable bonds is 3. The van der Waals surface area contributed by atoms with Gasteiger partial charge in [0.05, 0.1) is 5.60 Å². The van der Waals surface area contributed by atoms with Gasteiger partial charge in [0.15, 0.2) is 0 Å². The van der Waals surface area contributed by atoms with Crippen molar-refractivity contribution >= 4 is 0 Å². The fraction of sp³-hybridized carbons (Fsp3) is 1.00. The Kier molecular flexibility index (Phi) is 4.45. The molecule has 0 bridgehead atoms. The molecule has 2 aliphatic heterocycles. The van der Waals surface area contributed by atoms with Crippen molar-refractivity contribution < 1.29 is 4.74 Å². The average molecular weight is 240 g/mol. The number of hydrogen-bond donors (Lipinski definition) is 1. The Bertz CT molecular complexity index is 240. The molecule has 2 saturated heterocycles. The molecule has 2 aliphatic rings. The second-order valence-corrected chi connectivity index (χ2v) is 5.74. The molecule has 3 nitrogen and oxygen atoms in total. The summed E-state index contributed by atoms with van der Waals surface area (Å²) in [4.78, 5) is 2.68. The van der Waals surface area contributed by atoms with Gasteiger partial charge in [-0.25, -0.2) is 0 Å². The first-order valence-electron chi connectivity index (χ1n) is 7.30. The molecule has 2 fully saturated rings. The van der Waals surface area contributed by atoms with Gasteiger partial charge >= 0.3 is 0 Å². The van der Waals surface area contributed by atoms with Crippen molar-refractivity contribution in [2.24, 2.45) is 0 Å². The molecule has 2 atom stereocenters. The maximum atomic E-state index is 6.07. The topological polar surface area (TPSA) is 24.5 Å². The van der Waals surface area contributed by atoms with E-state index in [9.17, 15) is 0 Å². The first kappa shape index (κ1) is 13.3. The van der Waals surface area contributed by atoms with E-state index in [1.54, 1.807) is 0 Å². The van der Waals surface area contributed by atoms with Crippen LogP contribution in [0.3, 0.4) is 0 Å². The molecular weight excluding hydrogens is 212 g/mol. The van der Waals surface area contributed by atoms with Crippen LogP contribution in [-0.2, 0) is 4.74 Å². The molecule has 2 heterocycles. The molecule has 3 heteroatoms. The number of ether oxygens (including phenoxy) is 1. The van der Waals surface area contributed by atoms with Gasteiger partial charge in [-0.05, 0) is 32.6 Å². The standard InChI is InChI=1S/C14H28N2O/c1-4-14(5-2)10-13(6-9-17-14)16-8-7-15-12(3)11-16/h12-13,15H,4-11H2,1-3H3. The zero-order valence-corrected chi connectivity index (χ0v) is 11.7. The van der Waals surface area contributed by atoms with Crippen LogP contribution < -0.4 is 5.32 Å². The fourth-order valence-electron chi connectivity index (χ4n) is 3.35. The molecular formula is C14H28N2O. The van der Waals surface area contributed by atoms with Gasteiger partial charge in [-0.2, -0.15) is 0 Å². The van der Waals surface area contributed by atoms with Gasteiger partial charge < -0.3 is 10.1 Å². The quantitative estimate of drug-likeness (QED) is 0.817. The minimum absolute atomic E-state index is 0.164. The first-order chi connectivity index (χ1) is 8.19. The lowest BCUT2D eigenvalue weighted by Crippen LogP contribution is -2.56. The summed E-state index contributed by atoms with van der Waals surface area (Å²) in [6.45, 7) is 11.3. The van der Waals surface area contributed by atoms with Crippen molar-refractivity contribution in [2.45, 2.75) is 64.1 Å². The van der Waals surface area contributed by atoms with E-state index in [2.05, 4.69) is 31.0 Å². The largest absolute Gasteiger partial charge is 0.375 e. The molecule has 100 valence electrons. The molecule has 1 N–H and O–H groups in total. The molecule has 2 unspecified atom stereocenters. The lowest BCUT2D eigenvalue weighted by molar-refractivity contribution is -0.112. The first-order valence-corrected chi connectivity index (χ1v) is 7.30. The summed E-state index contributed by atoms with van der Waals surface area (Å²) in [6.07, 6.45) is 4.75. The summed E-state index contributed by atoms with van der Waals surface area (Å²) >= 11 is 0. The Morgan fingerprint density at radius 1 is 1.35 bits per heavy atom. The Balaban J connectivity index is 1.96. The van der Waals surface area contributed by atoms with Crippen LogP contribution in [-0.4, -0.2) is 48.8 Å². The normalized spacial score (nSPS) is 34.8. The van der Waals surface area contributed by atoms with Gasteiger partial charge in [0.25, 0.3) is 0 Å². The average Bonchev–Trinajstić information content (AvgIpc) is 2.39. The van der Waals surface area contributed by atoms with E-state index in [4.69, 9.17) is 4.74 Å². The van der Waals surface area contributed by atoms with Crippen LogP contribution in [0.1, 0.15) is 46.5 Å². The highest BCUT2D eigenvalue weighted by Gasteiger charge is 2.37. The van der Waals surface area contributed by atoms with E-state index in [0.29, 0.717) is 6.04 Å². The minimum atomic E-state index is 0.164. The van der Waals surface area contributed by atoms with E-state index < -0.39 is 0 Å². The molecule has 0 aromatic carbocycles. The smallest absolute Gasteiger partial charge is 0.0692 e. The van der Waals surface area contributed by atoms with Gasteiger partial charge in [0.2, 0.25) is 0 Å². The molecule has 0 aromatic rings. The molecule has 0 saturated carbocycles. The third-order valence-electron chi connectivity index (χ3n) is 4.67. The highest BCUT2D eigenvalue weighted by molar-refractivity contribution is 4.91. The van der Waals surface area contributed by atoms with Crippen molar-refractivity contribution in [3.8, 4) is 0 Å². The molecule has 17 heavy (non-hydrogen) atoms. The Morgan fingerprint density at radius 3 is 2.76 bits per heavy atom. The summed E-state index contributed by atoms with van der Waals surface area (Å²) < 4.78 is 6.07. The zero-order chi connectivity index (χ0) is 12.3. The molecule has 0 aliphatic carbocycles.